The average molecular weight is 316 g/mol. The molecular formula is C14H24N2O2S2. The summed E-state index contributed by atoms with van der Waals surface area (Å²) in [6.45, 7) is 6.15. The van der Waals surface area contributed by atoms with E-state index in [2.05, 4.69) is 5.32 Å². The minimum absolute atomic E-state index is 0.297. The molecule has 114 valence electrons. The van der Waals surface area contributed by atoms with Crippen molar-refractivity contribution in [2.75, 3.05) is 19.6 Å². The fraction of sp³-hybridized carbons (Fsp3) is 0.714. The Hall–Kier alpha value is -0.430. The third-order valence-electron chi connectivity index (χ3n) is 3.62. The monoisotopic (exact) mass is 316 g/mol. The number of thiophene rings is 1. The van der Waals surface area contributed by atoms with E-state index in [0.29, 0.717) is 23.3 Å². The Morgan fingerprint density at radius 2 is 2.20 bits per heavy atom. The zero-order valence-corrected chi connectivity index (χ0v) is 13.9. The van der Waals surface area contributed by atoms with E-state index in [1.54, 1.807) is 10.4 Å². The van der Waals surface area contributed by atoms with Gasteiger partial charge in [-0.05, 0) is 44.9 Å². The Labute approximate surface area is 126 Å². The maximum atomic E-state index is 12.7. The molecule has 0 saturated carbocycles. The van der Waals surface area contributed by atoms with Crippen LogP contribution in [0, 0.1) is 6.92 Å². The molecule has 1 aromatic rings. The summed E-state index contributed by atoms with van der Waals surface area (Å²) in [5.41, 5.74) is 0. The highest BCUT2D eigenvalue weighted by atomic mass is 32.2. The van der Waals surface area contributed by atoms with Crippen LogP contribution in [0.25, 0.3) is 0 Å². The van der Waals surface area contributed by atoms with Crippen molar-refractivity contribution in [2.24, 2.45) is 0 Å². The largest absolute Gasteiger partial charge is 0.313 e. The zero-order chi connectivity index (χ0) is 14.6. The van der Waals surface area contributed by atoms with Gasteiger partial charge in [0, 0.05) is 24.0 Å². The van der Waals surface area contributed by atoms with Crippen molar-refractivity contribution in [2.45, 2.75) is 49.8 Å². The number of sulfonamides is 1. The van der Waals surface area contributed by atoms with Crippen molar-refractivity contribution >= 4 is 21.4 Å². The van der Waals surface area contributed by atoms with Crippen LogP contribution in [0.3, 0.4) is 0 Å². The molecule has 1 aromatic heterocycles. The average Bonchev–Trinajstić information content (AvgIpc) is 2.87. The number of rotatable bonds is 6. The predicted molar refractivity (Wildman–Crippen MR) is 83.7 cm³/mol. The molecule has 1 fully saturated rings. The second kappa shape index (κ2) is 7.02. The number of nitrogens with one attached hydrogen (secondary N) is 1. The second-order valence-electron chi connectivity index (χ2n) is 5.37. The van der Waals surface area contributed by atoms with Gasteiger partial charge < -0.3 is 5.32 Å². The molecule has 0 aliphatic carbocycles. The first-order chi connectivity index (χ1) is 9.54. The standard InChI is InChI=1S/C14H24N2O2S2/c1-3-10-16(11-13-6-4-5-9-15-13)20(17,18)14-8-7-12(2)19-14/h7-8,13,15H,3-6,9-11H2,1-2H3. The van der Waals surface area contributed by atoms with E-state index in [-0.39, 0.29) is 0 Å². The molecule has 6 heteroatoms. The summed E-state index contributed by atoms with van der Waals surface area (Å²) >= 11 is 1.36. The molecule has 1 unspecified atom stereocenters. The van der Waals surface area contributed by atoms with Crippen LogP contribution >= 0.6 is 11.3 Å². The highest BCUT2D eigenvalue weighted by Crippen LogP contribution is 2.25. The van der Waals surface area contributed by atoms with E-state index in [9.17, 15) is 8.42 Å². The summed E-state index contributed by atoms with van der Waals surface area (Å²) in [6.07, 6.45) is 4.30. The van der Waals surface area contributed by atoms with Crippen LogP contribution in [0.15, 0.2) is 16.3 Å². The van der Waals surface area contributed by atoms with Crippen molar-refractivity contribution in [3.63, 3.8) is 0 Å². The van der Waals surface area contributed by atoms with E-state index in [0.717, 1.165) is 24.3 Å². The van der Waals surface area contributed by atoms with Crippen LogP contribution in [-0.2, 0) is 10.0 Å². The zero-order valence-electron chi connectivity index (χ0n) is 12.3. The minimum atomic E-state index is -3.33. The summed E-state index contributed by atoms with van der Waals surface area (Å²) in [5, 5.41) is 3.43. The second-order valence-corrected chi connectivity index (χ2v) is 8.83. The van der Waals surface area contributed by atoms with Crippen molar-refractivity contribution < 1.29 is 8.42 Å². The molecule has 0 spiro atoms. The van der Waals surface area contributed by atoms with Crippen molar-refractivity contribution in [1.29, 1.82) is 0 Å². The summed E-state index contributed by atoms with van der Waals surface area (Å²) in [4.78, 5) is 1.04. The number of hydrogen-bond donors (Lipinski definition) is 1. The lowest BCUT2D eigenvalue weighted by Gasteiger charge is -2.29. The molecule has 1 atom stereocenters. The van der Waals surface area contributed by atoms with E-state index in [1.165, 1.54) is 24.2 Å². The third kappa shape index (κ3) is 3.81. The third-order valence-corrected chi connectivity index (χ3v) is 6.95. The molecule has 2 heterocycles. The Morgan fingerprint density at radius 3 is 2.75 bits per heavy atom. The van der Waals surface area contributed by atoms with E-state index < -0.39 is 10.0 Å². The van der Waals surface area contributed by atoms with Crippen LogP contribution < -0.4 is 5.32 Å². The van der Waals surface area contributed by atoms with Gasteiger partial charge in [0.2, 0.25) is 0 Å². The van der Waals surface area contributed by atoms with Crippen molar-refractivity contribution in [3.05, 3.63) is 17.0 Å². The molecule has 0 bridgehead atoms. The van der Waals surface area contributed by atoms with Gasteiger partial charge in [0.05, 0.1) is 0 Å². The molecule has 0 radical (unpaired) electrons. The van der Waals surface area contributed by atoms with Crippen molar-refractivity contribution in [1.82, 2.24) is 9.62 Å². The summed E-state index contributed by atoms with van der Waals surface area (Å²) < 4.78 is 27.6. The quantitative estimate of drug-likeness (QED) is 0.877. The highest BCUT2D eigenvalue weighted by Gasteiger charge is 2.28. The fourth-order valence-electron chi connectivity index (χ4n) is 2.56. The molecule has 1 N–H and O–H groups in total. The molecule has 4 nitrogen and oxygen atoms in total. The molecule has 1 aliphatic rings. The Bertz CT molecular complexity index is 519. The fourth-order valence-corrected chi connectivity index (χ4v) is 5.58. The van der Waals surface area contributed by atoms with Gasteiger partial charge in [0.1, 0.15) is 4.21 Å². The van der Waals surface area contributed by atoms with Crippen molar-refractivity contribution in [3.8, 4) is 0 Å². The molecule has 0 amide bonds. The highest BCUT2D eigenvalue weighted by molar-refractivity contribution is 7.91. The number of hydrogen-bond acceptors (Lipinski definition) is 4. The van der Waals surface area contributed by atoms with Gasteiger partial charge in [-0.15, -0.1) is 11.3 Å². The molecule has 20 heavy (non-hydrogen) atoms. The van der Waals surface area contributed by atoms with Crippen LogP contribution in [0.4, 0.5) is 0 Å². The van der Waals surface area contributed by atoms with Gasteiger partial charge >= 0.3 is 0 Å². The van der Waals surface area contributed by atoms with E-state index >= 15 is 0 Å². The Morgan fingerprint density at radius 1 is 1.40 bits per heavy atom. The summed E-state index contributed by atoms with van der Waals surface area (Å²) in [7, 11) is -3.33. The van der Waals surface area contributed by atoms with Crippen LogP contribution in [0.5, 0.6) is 0 Å². The Balaban J connectivity index is 2.14. The Kier molecular flexibility index (Phi) is 5.60. The predicted octanol–water partition coefficient (Wildman–Crippen LogP) is 2.60. The van der Waals surface area contributed by atoms with Crippen LogP contribution in [0.2, 0.25) is 0 Å². The van der Waals surface area contributed by atoms with Crippen LogP contribution in [-0.4, -0.2) is 38.4 Å². The molecule has 2 rings (SSSR count). The lowest BCUT2D eigenvalue weighted by molar-refractivity contribution is 0.313. The van der Waals surface area contributed by atoms with Gasteiger partial charge in [-0.25, -0.2) is 8.42 Å². The minimum Gasteiger partial charge on any atom is -0.313 e. The molecular weight excluding hydrogens is 292 g/mol. The first kappa shape index (κ1) is 15.9. The normalized spacial score (nSPS) is 20.4. The lowest BCUT2D eigenvalue weighted by atomic mass is 10.1. The van der Waals surface area contributed by atoms with Gasteiger partial charge in [-0.1, -0.05) is 13.3 Å². The van der Waals surface area contributed by atoms with E-state index in [4.69, 9.17) is 0 Å². The van der Waals surface area contributed by atoms with Crippen LogP contribution in [0.1, 0.15) is 37.5 Å². The lowest BCUT2D eigenvalue weighted by Crippen LogP contribution is -2.45. The molecule has 0 aromatic carbocycles. The van der Waals surface area contributed by atoms with E-state index in [1.807, 2.05) is 19.9 Å². The number of piperidine rings is 1. The van der Waals surface area contributed by atoms with Gasteiger partial charge in [0.25, 0.3) is 10.0 Å². The van der Waals surface area contributed by atoms with Gasteiger partial charge in [0.15, 0.2) is 0 Å². The number of aryl methyl sites for hydroxylation is 1. The maximum absolute atomic E-state index is 12.7. The van der Waals surface area contributed by atoms with Gasteiger partial charge in [-0.3, -0.25) is 0 Å². The first-order valence-corrected chi connectivity index (χ1v) is 9.59. The SMILES string of the molecule is CCCN(CC1CCCCN1)S(=O)(=O)c1ccc(C)s1. The molecule has 1 saturated heterocycles. The topological polar surface area (TPSA) is 49.4 Å². The maximum Gasteiger partial charge on any atom is 0.252 e. The molecule has 1 aliphatic heterocycles. The number of nitrogens with zero attached hydrogens (tertiary/aromatic N) is 1. The summed E-state index contributed by atoms with van der Waals surface area (Å²) in [6, 6.07) is 3.90. The van der Waals surface area contributed by atoms with Gasteiger partial charge in [-0.2, -0.15) is 4.31 Å². The smallest absolute Gasteiger partial charge is 0.252 e. The summed E-state index contributed by atoms with van der Waals surface area (Å²) in [5.74, 6) is 0. The first-order valence-electron chi connectivity index (χ1n) is 7.34.